The van der Waals surface area contributed by atoms with Crippen LogP contribution < -0.4 is 5.73 Å². The largest absolute Gasteiger partial charge is 0.338 e. The first-order valence-corrected chi connectivity index (χ1v) is 6.75. The predicted molar refractivity (Wildman–Crippen MR) is 74.1 cm³/mol. The van der Waals surface area contributed by atoms with Gasteiger partial charge in [0.05, 0.1) is 15.6 Å². The Hall–Kier alpha value is -0.770. The molecular formula is C13H16Cl2N2O. The maximum Gasteiger partial charge on any atom is 0.255 e. The minimum Gasteiger partial charge on any atom is -0.338 e. The molecule has 18 heavy (non-hydrogen) atoms. The summed E-state index contributed by atoms with van der Waals surface area (Å²) in [5, 5.41) is 0.732. The van der Waals surface area contributed by atoms with Crippen LogP contribution >= 0.6 is 23.2 Å². The van der Waals surface area contributed by atoms with Gasteiger partial charge in [0.25, 0.3) is 5.91 Å². The zero-order chi connectivity index (χ0) is 13.3. The van der Waals surface area contributed by atoms with Crippen LogP contribution in [0, 0.1) is 5.92 Å². The monoisotopic (exact) mass is 286 g/mol. The van der Waals surface area contributed by atoms with Gasteiger partial charge in [0.15, 0.2) is 0 Å². The normalized spacial score (nSPS) is 24.1. The van der Waals surface area contributed by atoms with Gasteiger partial charge in [0.2, 0.25) is 0 Å². The van der Waals surface area contributed by atoms with Gasteiger partial charge in [-0.2, -0.15) is 0 Å². The first-order chi connectivity index (χ1) is 8.50. The molecule has 2 unspecified atom stereocenters. The highest BCUT2D eigenvalue weighted by Gasteiger charge is 2.28. The van der Waals surface area contributed by atoms with Gasteiger partial charge in [-0.1, -0.05) is 36.2 Å². The van der Waals surface area contributed by atoms with E-state index in [1.807, 2.05) is 0 Å². The average Bonchev–Trinajstić information content (AvgIpc) is 2.35. The van der Waals surface area contributed by atoms with Gasteiger partial charge in [0, 0.05) is 19.1 Å². The Morgan fingerprint density at radius 2 is 2.17 bits per heavy atom. The molecule has 0 aliphatic carbocycles. The summed E-state index contributed by atoms with van der Waals surface area (Å²) in [4.78, 5) is 14.2. The fourth-order valence-corrected chi connectivity index (χ4v) is 2.57. The van der Waals surface area contributed by atoms with Crippen LogP contribution in [-0.4, -0.2) is 29.9 Å². The number of halogens is 2. The SMILES string of the molecule is CC1CN(C(=O)c2cccc(Cl)c2Cl)CCC1N. The van der Waals surface area contributed by atoms with Gasteiger partial charge < -0.3 is 10.6 Å². The molecule has 0 bridgehead atoms. The standard InChI is InChI=1S/C13H16Cl2N2O/c1-8-7-17(6-5-11(8)16)13(18)9-3-2-4-10(14)12(9)15/h2-4,8,11H,5-7,16H2,1H3. The third-order valence-corrected chi connectivity index (χ3v) is 4.26. The second-order valence-corrected chi connectivity index (χ2v) is 5.57. The fourth-order valence-electron chi connectivity index (χ4n) is 2.19. The van der Waals surface area contributed by atoms with Crippen molar-refractivity contribution < 1.29 is 4.79 Å². The molecule has 5 heteroatoms. The smallest absolute Gasteiger partial charge is 0.255 e. The zero-order valence-corrected chi connectivity index (χ0v) is 11.7. The number of carbonyl (C=O) groups is 1. The Morgan fingerprint density at radius 3 is 2.83 bits per heavy atom. The highest BCUT2D eigenvalue weighted by atomic mass is 35.5. The summed E-state index contributed by atoms with van der Waals surface area (Å²) in [6.45, 7) is 3.40. The molecule has 0 aromatic heterocycles. The van der Waals surface area contributed by atoms with E-state index in [1.165, 1.54) is 0 Å². The van der Waals surface area contributed by atoms with Crippen molar-refractivity contribution in [1.29, 1.82) is 0 Å². The number of piperidine rings is 1. The Morgan fingerprint density at radius 1 is 1.44 bits per heavy atom. The molecule has 1 saturated heterocycles. The molecule has 1 aromatic carbocycles. The Labute approximate surface area is 117 Å². The molecule has 0 saturated carbocycles. The number of carbonyl (C=O) groups excluding carboxylic acids is 1. The molecule has 2 N–H and O–H groups in total. The Kier molecular flexibility index (Phi) is 4.15. The molecule has 1 fully saturated rings. The number of hydrogen-bond acceptors (Lipinski definition) is 2. The van der Waals surface area contributed by atoms with Crippen molar-refractivity contribution in [2.24, 2.45) is 11.7 Å². The van der Waals surface area contributed by atoms with Crippen molar-refractivity contribution in [2.75, 3.05) is 13.1 Å². The van der Waals surface area contributed by atoms with E-state index in [0.717, 1.165) is 6.42 Å². The average molecular weight is 287 g/mol. The molecule has 0 spiro atoms. The molecular weight excluding hydrogens is 271 g/mol. The maximum atomic E-state index is 12.4. The van der Waals surface area contributed by atoms with Crippen molar-refractivity contribution in [1.82, 2.24) is 4.90 Å². The quantitative estimate of drug-likeness (QED) is 0.863. The number of likely N-dealkylation sites (tertiary alicyclic amines) is 1. The molecule has 3 nitrogen and oxygen atoms in total. The lowest BCUT2D eigenvalue weighted by Gasteiger charge is -2.35. The summed E-state index contributed by atoms with van der Waals surface area (Å²) < 4.78 is 0. The maximum absolute atomic E-state index is 12.4. The predicted octanol–water partition coefficient (Wildman–Crippen LogP) is 2.80. The van der Waals surface area contributed by atoms with Crippen molar-refractivity contribution in [3.05, 3.63) is 33.8 Å². The summed E-state index contributed by atoms with van der Waals surface area (Å²) in [5.41, 5.74) is 6.41. The Balaban J connectivity index is 2.19. The summed E-state index contributed by atoms with van der Waals surface area (Å²) in [6.07, 6.45) is 0.824. The van der Waals surface area contributed by atoms with Crippen molar-refractivity contribution in [3.8, 4) is 0 Å². The molecule has 98 valence electrons. The van der Waals surface area contributed by atoms with Gasteiger partial charge >= 0.3 is 0 Å². The van der Waals surface area contributed by atoms with E-state index in [4.69, 9.17) is 28.9 Å². The topological polar surface area (TPSA) is 46.3 Å². The van der Waals surface area contributed by atoms with Crippen LogP contribution in [0.15, 0.2) is 18.2 Å². The lowest BCUT2D eigenvalue weighted by molar-refractivity contribution is 0.0664. The molecule has 1 aliphatic rings. The van der Waals surface area contributed by atoms with Crippen LogP contribution in [-0.2, 0) is 0 Å². The Bertz CT molecular complexity index is 464. The lowest BCUT2D eigenvalue weighted by atomic mass is 9.94. The molecule has 2 rings (SSSR count). The first kappa shape index (κ1) is 13.7. The highest BCUT2D eigenvalue weighted by molar-refractivity contribution is 6.43. The van der Waals surface area contributed by atoms with Crippen LogP contribution in [0.4, 0.5) is 0 Å². The second kappa shape index (κ2) is 5.47. The number of rotatable bonds is 1. The minimum absolute atomic E-state index is 0.0683. The summed E-state index contributed by atoms with van der Waals surface area (Å²) in [7, 11) is 0. The van der Waals surface area contributed by atoms with Gasteiger partial charge in [-0.3, -0.25) is 4.79 Å². The molecule has 1 aliphatic heterocycles. The van der Waals surface area contributed by atoms with Crippen LogP contribution in [0.2, 0.25) is 10.0 Å². The second-order valence-electron chi connectivity index (χ2n) is 4.78. The van der Waals surface area contributed by atoms with E-state index in [9.17, 15) is 4.79 Å². The number of hydrogen-bond donors (Lipinski definition) is 1. The van der Waals surface area contributed by atoms with E-state index in [0.29, 0.717) is 34.6 Å². The van der Waals surface area contributed by atoms with E-state index in [-0.39, 0.29) is 11.9 Å². The van der Waals surface area contributed by atoms with Crippen molar-refractivity contribution >= 4 is 29.1 Å². The molecule has 0 radical (unpaired) electrons. The van der Waals surface area contributed by atoms with Crippen LogP contribution in [0.25, 0.3) is 0 Å². The summed E-state index contributed by atoms with van der Waals surface area (Å²) in [5.74, 6) is 0.238. The van der Waals surface area contributed by atoms with Crippen molar-refractivity contribution in [2.45, 2.75) is 19.4 Å². The number of nitrogens with zero attached hydrogens (tertiary/aromatic N) is 1. The third kappa shape index (κ3) is 2.63. The molecule has 1 amide bonds. The van der Waals surface area contributed by atoms with Crippen LogP contribution in [0.5, 0.6) is 0 Å². The number of amides is 1. The fraction of sp³-hybridized carbons (Fsp3) is 0.462. The third-order valence-electron chi connectivity index (χ3n) is 3.44. The van der Waals surface area contributed by atoms with Gasteiger partial charge in [-0.25, -0.2) is 0 Å². The lowest BCUT2D eigenvalue weighted by Crippen LogP contribution is -2.48. The molecule has 1 aromatic rings. The van der Waals surface area contributed by atoms with Gasteiger partial charge in [-0.15, -0.1) is 0 Å². The van der Waals surface area contributed by atoms with E-state index in [1.54, 1.807) is 23.1 Å². The van der Waals surface area contributed by atoms with Crippen molar-refractivity contribution in [3.63, 3.8) is 0 Å². The first-order valence-electron chi connectivity index (χ1n) is 5.99. The van der Waals surface area contributed by atoms with E-state index >= 15 is 0 Å². The number of nitrogens with two attached hydrogens (primary N) is 1. The van der Waals surface area contributed by atoms with Gasteiger partial charge in [-0.05, 0) is 24.5 Å². The van der Waals surface area contributed by atoms with E-state index < -0.39 is 0 Å². The summed E-state index contributed by atoms with van der Waals surface area (Å²) >= 11 is 12.0. The molecule has 2 atom stereocenters. The molecule has 1 heterocycles. The summed E-state index contributed by atoms with van der Waals surface area (Å²) in [6, 6.07) is 5.29. The number of benzene rings is 1. The van der Waals surface area contributed by atoms with Crippen LogP contribution in [0.1, 0.15) is 23.7 Å². The zero-order valence-electron chi connectivity index (χ0n) is 10.2. The minimum atomic E-state index is -0.0683. The highest BCUT2D eigenvalue weighted by Crippen LogP contribution is 2.27. The van der Waals surface area contributed by atoms with Crippen LogP contribution in [0.3, 0.4) is 0 Å². The van der Waals surface area contributed by atoms with E-state index in [2.05, 4.69) is 6.92 Å². The van der Waals surface area contributed by atoms with Gasteiger partial charge in [0.1, 0.15) is 0 Å².